The largest absolute Gasteiger partial charge is 0.314 e. The third kappa shape index (κ3) is 6.02. The molecule has 1 aromatic heterocycles. The Morgan fingerprint density at radius 3 is 1.16 bits per heavy atom. The van der Waals surface area contributed by atoms with Crippen molar-refractivity contribution in [3.05, 3.63) is 164 Å². The molecule has 5 heteroatoms. The van der Waals surface area contributed by atoms with Gasteiger partial charge in [-0.05, 0) is 47.1 Å². The Kier molecular flexibility index (Phi) is 7.73. The second-order valence-corrected chi connectivity index (χ2v) is 13.9. The van der Waals surface area contributed by atoms with E-state index in [-0.39, 0.29) is 0 Å². The van der Waals surface area contributed by atoms with Crippen molar-refractivity contribution in [3.8, 4) is 56.4 Å². The predicted octanol–water partition coefficient (Wildman–Crippen LogP) is 9.15. The van der Waals surface area contributed by atoms with Crippen LogP contribution < -0.4 is 10.6 Å². The van der Waals surface area contributed by atoms with Gasteiger partial charge in [0.2, 0.25) is 0 Å². The number of rotatable bonds is 7. The van der Waals surface area contributed by atoms with Gasteiger partial charge < -0.3 is 4.57 Å². The Morgan fingerprint density at radius 2 is 0.689 bits per heavy atom. The molecule has 0 amide bonds. The highest BCUT2D eigenvalue weighted by atomic mass is 31.2. The summed E-state index contributed by atoms with van der Waals surface area (Å²) in [4.78, 5) is 15.0. The average molecular weight is 600 g/mol. The summed E-state index contributed by atoms with van der Waals surface area (Å²) in [6.07, 6.45) is 0. The maximum atomic E-state index is 14.1. The predicted molar refractivity (Wildman–Crippen MR) is 186 cm³/mol. The normalized spacial score (nSPS) is 12.4. The van der Waals surface area contributed by atoms with Gasteiger partial charge in [-0.2, -0.15) is 0 Å². The molecule has 216 valence electrons. The van der Waals surface area contributed by atoms with Gasteiger partial charge >= 0.3 is 0 Å². The van der Waals surface area contributed by atoms with Gasteiger partial charge in [-0.15, -0.1) is 0 Å². The minimum absolute atomic E-state index is 0.528. The Labute approximate surface area is 263 Å². The highest BCUT2D eigenvalue weighted by Gasteiger charge is 2.22. The first-order chi connectivity index (χ1) is 22.0. The van der Waals surface area contributed by atoms with E-state index >= 15 is 0 Å². The Morgan fingerprint density at radius 1 is 0.356 bits per heavy atom. The molecule has 1 unspecified atom stereocenters. The van der Waals surface area contributed by atoms with Crippen molar-refractivity contribution in [2.75, 3.05) is 6.66 Å². The first-order valence-corrected chi connectivity index (χ1v) is 17.0. The van der Waals surface area contributed by atoms with E-state index in [0.717, 1.165) is 49.6 Å². The lowest BCUT2D eigenvalue weighted by Crippen LogP contribution is -2.15. The maximum Gasteiger partial charge on any atom is 0.164 e. The van der Waals surface area contributed by atoms with Crippen molar-refractivity contribution in [1.29, 1.82) is 0 Å². The molecule has 0 spiro atoms. The molecule has 7 rings (SSSR count). The molecule has 0 radical (unpaired) electrons. The van der Waals surface area contributed by atoms with E-state index in [1.165, 1.54) is 0 Å². The number of aromatic nitrogens is 3. The summed E-state index contributed by atoms with van der Waals surface area (Å²) in [5.74, 6) is 1.68. The standard InChI is InChI=1S/C40H30N3OP/c1-45(44,36-23-9-4-10-24-36)37-25-13-22-35(28-37)40-42-38(33-20-11-18-31(26-33)29-14-5-2-6-15-29)41-39(43-40)34-21-12-19-32(27-34)30-16-7-3-8-17-30/h2-28H,1H3. The van der Waals surface area contributed by atoms with Gasteiger partial charge in [-0.3, -0.25) is 0 Å². The molecule has 4 nitrogen and oxygen atoms in total. The summed E-state index contributed by atoms with van der Waals surface area (Å²) in [6.45, 7) is 1.82. The molecule has 45 heavy (non-hydrogen) atoms. The van der Waals surface area contributed by atoms with Crippen LogP contribution in [-0.4, -0.2) is 21.6 Å². The monoisotopic (exact) mass is 599 g/mol. The molecule has 1 atom stereocenters. The fourth-order valence-corrected chi connectivity index (χ4v) is 7.27. The van der Waals surface area contributed by atoms with Crippen molar-refractivity contribution >= 4 is 17.8 Å². The quantitative estimate of drug-likeness (QED) is 0.172. The molecule has 0 fully saturated rings. The second-order valence-electron chi connectivity index (χ2n) is 11.0. The van der Waals surface area contributed by atoms with E-state index in [1.807, 2.05) is 122 Å². The molecule has 1 heterocycles. The third-order valence-corrected chi connectivity index (χ3v) is 10.5. The van der Waals surface area contributed by atoms with E-state index in [2.05, 4.69) is 48.5 Å². The van der Waals surface area contributed by atoms with Crippen molar-refractivity contribution < 1.29 is 4.57 Å². The lowest BCUT2D eigenvalue weighted by atomic mass is 10.0. The summed E-state index contributed by atoms with van der Waals surface area (Å²) < 4.78 is 14.1. The molecule has 7 aromatic rings. The SMILES string of the molecule is CP(=O)(c1ccccc1)c1cccc(-c2nc(-c3cccc(-c4ccccc4)c3)nc(-c3cccc(-c4ccccc4)c3)n2)c1. The summed E-state index contributed by atoms with van der Waals surface area (Å²) in [5.41, 5.74) is 6.98. The topological polar surface area (TPSA) is 55.7 Å². The van der Waals surface area contributed by atoms with E-state index < -0.39 is 7.14 Å². The fraction of sp³-hybridized carbons (Fsp3) is 0.0250. The van der Waals surface area contributed by atoms with Crippen LogP contribution in [0, 0.1) is 0 Å². The Bertz CT molecular complexity index is 2050. The van der Waals surface area contributed by atoms with Gasteiger partial charge in [-0.25, -0.2) is 15.0 Å². The molecular formula is C40H30N3OP. The van der Waals surface area contributed by atoms with Crippen molar-refractivity contribution in [3.63, 3.8) is 0 Å². The number of hydrogen-bond donors (Lipinski definition) is 0. The molecule has 0 saturated carbocycles. The first-order valence-electron chi connectivity index (χ1n) is 14.9. The molecule has 0 saturated heterocycles. The third-order valence-electron chi connectivity index (χ3n) is 7.94. The van der Waals surface area contributed by atoms with Gasteiger partial charge in [0.05, 0.1) is 0 Å². The first kappa shape index (κ1) is 28.3. The Hall–Kier alpha value is -5.44. The summed E-state index contributed by atoms with van der Waals surface area (Å²) in [5, 5.41) is 1.57. The van der Waals surface area contributed by atoms with E-state index in [9.17, 15) is 4.57 Å². The molecule has 0 aliphatic rings. The van der Waals surface area contributed by atoms with Crippen LogP contribution in [0.25, 0.3) is 56.4 Å². The molecular weight excluding hydrogens is 569 g/mol. The fourth-order valence-electron chi connectivity index (χ4n) is 5.47. The number of benzene rings is 6. The van der Waals surface area contributed by atoms with Crippen LogP contribution in [0.15, 0.2) is 164 Å². The van der Waals surface area contributed by atoms with Crippen molar-refractivity contribution in [2.24, 2.45) is 0 Å². The zero-order valence-corrected chi connectivity index (χ0v) is 25.7. The van der Waals surface area contributed by atoms with Crippen LogP contribution in [0.3, 0.4) is 0 Å². The van der Waals surface area contributed by atoms with Gasteiger partial charge in [-0.1, -0.05) is 146 Å². The van der Waals surface area contributed by atoms with Crippen LogP contribution in [0.2, 0.25) is 0 Å². The van der Waals surface area contributed by atoms with Crippen LogP contribution in [-0.2, 0) is 4.57 Å². The van der Waals surface area contributed by atoms with E-state index in [4.69, 9.17) is 15.0 Å². The smallest absolute Gasteiger partial charge is 0.164 e. The highest BCUT2D eigenvalue weighted by molar-refractivity contribution is 7.78. The zero-order valence-electron chi connectivity index (χ0n) is 24.8. The highest BCUT2D eigenvalue weighted by Crippen LogP contribution is 2.39. The van der Waals surface area contributed by atoms with E-state index in [1.54, 1.807) is 0 Å². The minimum Gasteiger partial charge on any atom is -0.314 e. The van der Waals surface area contributed by atoms with Crippen LogP contribution in [0.1, 0.15) is 0 Å². The van der Waals surface area contributed by atoms with Gasteiger partial charge in [0.15, 0.2) is 17.5 Å². The van der Waals surface area contributed by atoms with Crippen LogP contribution in [0.4, 0.5) is 0 Å². The molecule has 0 bridgehead atoms. The molecule has 0 N–H and O–H groups in total. The van der Waals surface area contributed by atoms with Gasteiger partial charge in [0.25, 0.3) is 0 Å². The maximum absolute atomic E-state index is 14.1. The van der Waals surface area contributed by atoms with Gasteiger partial charge in [0.1, 0.15) is 7.14 Å². The molecule has 0 aliphatic heterocycles. The summed E-state index contributed by atoms with van der Waals surface area (Å²) in [7, 11) is -2.84. The van der Waals surface area contributed by atoms with Gasteiger partial charge in [0, 0.05) is 27.3 Å². The van der Waals surface area contributed by atoms with E-state index in [0.29, 0.717) is 17.5 Å². The van der Waals surface area contributed by atoms with Crippen LogP contribution >= 0.6 is 7.14 Å². The average Bonchev–Trinajstić information content (AvgIpc) is 3.13. The summed E-state index contributed by atoms with van der Waals surface area (Å²) >= 11 is 0. The zero-order chi connectivity index (χ0) is 30.6. The number of nitrogens with zero attached hydrogens (tertiary/aromatic N) is 3. The molecule has 0 aliphatic carbocycles. The summed E-state index contributed by atoms with van der Waals surface area (Å²) in [6, 6.07) is 54.5. The van der Waals surface area contributed by atoms with Crippen molar-refractivity contribution in [2.45, 2.75) is 0 Å². The lowest BCUT2D eigenvalue weighted by molar-refractivity contribution is 0.590. The lowest BCUT2D eigenvalue weighted by Gasteiger charge is -2.15. The number of hydrogen-bond acceptors (Lipinski definition) is 4. The Balaban J connectivity index is 1.38. The van der Waals surface area contributed by atoms with Crippen molar-refractivity contribution in [1.82, 2.24) is 15.0 Å². The second kappa shape index (κ2) is 12.3. The molecule has 6 aromatic carbocycles. The minimum atomic E-state index is -2.84. The van der Waals surface area contributed by atoms with Crippen LogP contribution in [0.5, 0.6) is 0 Å².